The molecular formula is C13H13FN2S2. The van der Waals surface area contributed by atoms with E-state index in [0.717, 1.165) is 18.7 Å². The van der Waals surface area contributed by atoms with E-state index < -0.39 is 0 Å². The van der Waals surface area contributed by atoms with Crippen LogP contribution in [0.15, 0.2) is 41.8 Å². The molecule has 0 atom stereocenters. The first-order chi connectivity index (χ1) is 8.74. The van der Waals surface area contributed by atoms with Gasteiger partial charge in [-0.1, -0.05) is 6.07 Å². The molecule has 18 heavy (non-hydrogen) atoms. The molecule has 0 saturated carbocycles. The molecule has 0 spiro atoms. The minimum Gasteiger partial charge on any atom is -0.362 e. The van der Waals surface area contributed by atoms with Gasteiger partial charge in [0, 0.05) is 17.1 Å². The molecule has 0 fully saturated rings. The molecule has 2 aromatic rings. The molecule has 1 aromatic heterocycles. The van der Waals surface area contributed by atoms with E-state index >= 15 is 0 Å². The molecule has 94 valence electrons. The van der Waals surface area contributed by atoms with E-state index in [-0.39, 0.29) is 5.82 Å². The summed E-state index contributed by atoms with van der Waals surface area (Å²) < 4.78 is 12.7. The van der Waals surface area contributed by atoms with E-state index in [9.17, 15) is 4.39 Å². The molecule has 5 heteroatoms. The number of thiocarbonyl (C=S) groups is 1. The summed E-state index contributed by atoms with van der Waals surface area (Å²) in [6.45, 7) is 0.785. The second-order valence-electron chi connectivity index (χ2n) is 3.72. The number of hydrogen-bond acceptors (Lipinski definition) is 2. The van der Waals surface area contributed by atoms with Crippen LogP contribution in [0.25, 0.3) is 0 Å². The monoisotopic (exact) mass is 280 g/mol. The molecule has 0 amide bonds. The van der Waals surface area contributed by atoms with Crippen molar-refractivity contribution in [1.82, 2.24) is 5.32 Å². The quantitative estimate of drug-likeness (QED) is 0.839. The summed E-state index contributed by atoms with van der Waals surface area (Å²) in [4.78, 5) is 1.33. The summed E-state index contributed by atoms with van der Waals surface area (Å²) in [5, 5.41) is 8.74. The van der Waals surface area contributed by atoms with Crippen LogP contribution in [-0.2, 0) is 6.42 Å². The first-order valence-electron chi connectivity index (χ1n) is 5.57. The average Bonchev–Trinajstić information content (AvgIpc) is 2.85. The van der Waals surface area contributed by atoms with Gasteiger partial charge >= 0.3 is 0 Å². The summed E-state index contributed by atoms with van der Waals surface area (Å²) in [6.07, 6.45) is 0.947. The van der Waals surface area contributed by atoms with Crippen molar-refractivity contribution in [2.45, 2.75) is 6.42 Å². The third-order valence-electron chi connectivity index (χ3n) is 2.34. The summed E-state index contributed by atoms with van der Waals surface area (Å²) in [5.41, 5.74) is 0.782. The minimum atomic E-state index is -0.253. The van der Waals surface area contributed by atoms with E-state index in [1.54, 1.807) is 23.5 Å². The predicted molar refractivity (Wildman–Crippen MR) is 78.6 cm³/mol. The zero-order valence-electron chi connectivity index (χ0n) is 9.65. The van der Waals surface area contributed by atoms with Crippen molar-refractivity contribution in [3.63, 3.8) is 0 Å². The third-order valence-corrected chi connectivity index (χ3v) is 3.52. The Morgan fingerprint density at radius 3 is 2.67 bits per heavy atom. The summed E-state index contributed by atoms with van der Waals surface area (Å²) in [6, 6.07) is 10.2. The summed E-state index contributed by atoms with van der Waals surface area (Å²) in [5.74, 6) is -0.253. The lowest BCUT2D eigenvalue weighted by atomic mass is 10.3. The third kappa shape index (κ3) is 4.09. The lowest BCUT2D eigenvalue weighted by molar-refractivity contribution is 0.628. The first kappa shape index (κ1) is 13.0. The molecular weight excluding hydrogens is 267 g/mol. The van der Waals surface area contributed by atoms with Crippen molar-refractivity contribution in [2.24, 2.45) is 0 Å². The van der Waals surface area contributed by atoms with Crippen molar-refractivity contribution in [3.05, 3.63) is 52.5 Å². The Hall–Kier alpha value is -1.46. The Morgan fingerprint density at radius 1 is 1.22 bits per heavy atom. The second kappa shape index (κ2) is 6.47. The fourth-order valence-corrected chi connectivity index (χ4v) is 2.39. The smallest absolute Gasteiger partial charge is 0.170 e. The van der Waals surface area contributed by atoms with Gasteiger partial charge < -0.3 is 10.6 Å². The summed E-state index contributed by atoms with van der Waals surface area (Å²) in [7, 11) is 0. The Balaban J connectivity index is 1.73. The molecule has 2 N–H and O–H groups in total. The SMILES string of the molecule is Fc1ccc(NC(=S)NCCc2cccs2)cc1. The number of hydrogen-bond donors (Lipinski definition) is 2. The van der Waals surface area contributed by atoms with Crippen LogP contribution < -0.4 is 10.6 Å². The largest absolute Gasteiger partial charge is 0.362 e. The van der Waals surface area contributed by atoms with Crippen LogP contribution in [0.4, 0.5) is 10.1 Å². The molecule has 1 heterocycles. The highest BCUT2D eigenvalue weighted by Crippen LogP contribution is 2.09. The summed E-state index contributed by atoms with van der Waals surface area (Å²) >= 11 is 6.89. The van der Waals surface area contributed by atoms with Crippen molar-refractivity contribution < 1.29 is 4.39 Å². The number of thiophene rings is 1. The van der Waals surface area contributed by atoms with Gasteiger partial charge in [-0.25, -0.2) is 4.39 Å². The maximum atomic E-state index is 12.7. The molecule has 2 rings (SSSR count). The van der Waals surface area contributed by atoms with Gasteiger partial charge in [-0.3, -0.25) is 0 Å². The maximum Gasteiger partial charge on any atom is 0.170 e. The zero-order valence-corrected chi connectivity index (χ0v) is 11.3. The molecule has 1 aromatic carbocycles. The normalized spacial score (nSPS) is 10.1. The van der Waals surface area contributed by atoms with E-state index in [1.807, 2.05) is 6.07 Å². The van der Waals surface area contributed by atoms with Gasteiger partial charge in [-0.05, 0) is 54.4 Å². The second-order valence-corrected chi connectivity index (χ2v) is 5.16. The van der Waals surface area contributed by atoms with Crippen molar-refractivity contribution in [3.8, 4) is 0 Å². The molecule has 0 saturated heterocycles. The fraction of sp³-hybridized carbons (Fsp3) is 0.154. The molecule has 2 nitrogen and oxygen atoms in total. The molecule has 0 bridgehead atoms. The van der Waals surface area contributed by atoms with Crippen molar-refractivity contribution in [2.75, 3.05) is 11.9 Å². The number of nitrogens with one attached hydrogen (secondary N) is 2. The van der Waals surface area contributed by atoms with Crippen LogP contribution in [0.2, 0.25) is 0 Å². The Morgan fingerprint density at radius 2 is 2.00 bits per heavy atom. The number of anilines is 1. The highest BCUT2D eigenvalue weighted by Gasteiger charge is 1.98. The predicted octanol–water partition coefficient (Wildman–Crippen LogP) is 3.42. The van der Waals surface area contributed by atoms with E-state index in [1.165, 1.54) is 17.0 Å². The van der Waals surface area contributed by atoms with Crippen LogP contribution in [0.5, 0.6) is 0 Å². The number of halogens is 1. The van der Waals surface area contributed by atoms with Crippen LogP contribution >= 0.6 is 23.6 Å². The lowest BCUT2D eigenvalue weighted by Gasteiger charge is -2.09. The topological polar surface area (TPSA) is 24.1 Å². The fourth-order valence-electron chi connectivity index (χ4n) is 1.46. The van der Waals surface area contributed by atoms with E-state index in [4.69, 9.17) is 12.2 Å². The van der Waals surface area contributed by atoms with Crippen LogP contribution in [-0.4, -0.2) is 11.7 Å². The molecule has 0 aliphatic rings. The number of rotatable bonds is 4. The van der Waals surface area contributed by atoms with Gasteiger partial charge in [0.1, 0.15) is 5.82 Å². The number of benzene rings is 1. The molecule has 0 aliphatic carbocycles. The van der Waals surface area contributed by atoms with E-state index in [0.29, 0.717) is 5.11 Å². The van der Waals surface area contributed by atoms with Crippen LogP contribution in [0, 0.1) is 5.82 Å². The van der Waals surface area contributed by atoms with Gasteiger partial charge in [0.25, 0.3) is 0 Å². The minimum absolute atomic E-state index is 0.253. The molecule has 0 aliphatic heterocycles. The zero-order chi connectivity index (χ0) is 12.8. The van der Waals surface area contributed by atoms with Crippen molar-refractivity contribution >= 4 is 34.4 Å². The van der Waals surface area contributed by atoms with Gasteiger partial charge in [0.2, 0.25) is 0 Å². The van der Waals surface area contributed by atoms with Gasteiger partial charge in [-0.15, -0.1) is 11.3 Å². The van der Waals surface area contributed by atoms with Gasteiger partial charge in [-0.2, -0.15) is 0 Å². The standard InChI is InChI=1S/C13H13FN2S2/c14-10-3-5-11(6-4-10)16-13(17)15-8-7-12-2-1-9-18-12/h1-6,9H,7-8H2,(H2,15,16,17). The maximum absolute atomic E-state index is 12.7. The lowest BCUT2D eigenvalue weighted by Crippen LogP contribution is -2.30. The highest BCUT2D eigenvalue weighted by atomic mass is 32.1. The highest BCUT2D eigenvalue weighted by molar-refractivity contribution is 7.80. The van der Waals surface area contributed by atoms with E-state index in [2.05, 4.69) is 22.1 Å². The van der Waals surface area contributed by atoms with Crippen LogP contribution in [0.3, 0.4) is 0 Å². The van der Waals surface area contributed by atoms with Gasteiger partial charge in [0.05, 0.1) is 0 Å². The van der Waals surface area contributed by atoms with Crippen LogP contribution in [0.1, 0.15) is 4.88 Å². The molecule has 0 unspecified atom stereocenters. The Kier molecular flexibility index (Phi) is 4.66. The Labute approximate surface area is 115 Å². The Bertz CT molecular complexity index is 494. The van der Waals surface area contributed by atoms with Crippen molar-refractivity contribution in [1.29, 1.82) is 0 Å². The molecule has 0 radical (unpaired) electrons. The average molecular weight is 280 g/mol. The first-order valence-corrected chi connectivity index (χ1v) is 6.85. The van der Waals surface area contributed by atoms with Gasteiger partial charge in [0.15, 0.2) is 5.11 Å².